The quantitative estimate of drug-likeness (QED) is 0.530. The molecule has 192 valence electrons. The second-order valence-corrected chi connectivity index (χ2v) is 9.14. The Balaban J connectivity index is 1.77. The van der Waals surface area contributed by atoms with Crippen LogP contribution in [0.4, 0.5) is 18.9 Å². The van der Waals surface area contributed by atoms with Crippen LogP contribution in [0.1, 0.15) is 55.8 Å². The van der Waals surface area contributed by atoms with Gasteiger partial charge in [-0.25, -0.2) is 18.2 Å². The number of piperidine rings is 1. The summed E-state index contributed by atoms with van der Waals surface area (Å²) < 4.78 is 48.6. The number of nitrogens with one attached hydrogen (secondary N) is 1. The Morgan fingerprint density at radius 2 is 1.86 bits per heavy atom. The maximum atomic E-state index is 14.8. The number of alkyl halides is 2. The fourth-order valence-electron chi connectivity index (χ4n) is 4.96. The molecule has 3 heterocycles. The summed E-state index contributed by atoms with van der Waals surface area (Å²) in [5.74, 6) is -0.978. The van der Waals surface area contributed by atoms with Crippen molar-refractivity contribution in [3.63, 3.8) is 0 Å². The van der Waals surface area contributed by atoms with Crippen LogP contribution in [0.5, 0.6) is 0 Å². The van der Waals surface area contributed by atoms with E-state index in [0.717, 1.165) is 6.07 Å². The first-order chi connectivity index (χ1) is 17.1. The van der Waals surface area contributed by atoms with Crippen LogP contribution < -0.4 is 10.9 Å². The Morgan fingerprint density at radius 1 is 1.19 bits per heavy atom. The molecule has 1 aliphatic heterocycles. The fraction of sp³-hybridized carbons (Fsp3) is 0.423. The van der Waals surface area contributed by atoms with Crippen molar-refractivity contribution in [2.24, 2.45) is 7.05 Å². The molecule has 1 saturated heterocycles. The van der Waals surface area contributed by atoms with Crippen molar-refractivity contribution in [1.82, 2.24) is 14.5 Å². The predicted molar refractivity (Wildman–Crippen MR) is 131 cm³/mol. The molecule has 0 saturated carbocycles. The highest BCUT2D eigenvalue weighted by atomic mass is 19.3. The minimum Gasteiger partial charge on any atom is -0.378 e. The average Bonchev–Trinajstić information content (AvgIpc) is 2.86. The number of methoxy groups -OCH3 is 1. The smallest absolute Gasteiger partial charge is 0.266 e. The minimum atomic E-state index is -2.92. The van der Waals surface area contributed by atoms with Gasteiger partial charge in [-0.3, -0.25) is 14.2 Å². The zero-order valence-electron chi connectivity index (χ0n) is 20.6. The number of aromatic nitrogens is 2. The summed E-state index contributed by atoms with van der Waals surface area (Å²) in [7, 11) is 3.17. The number of ether oxygens (including phenoxy) is 1. The van der Waals surface area contributed by atoms with Crippen LogP contribution in [-0.2, 0) is 22.2 Å². The molecule has 1 aliphatic rings. The van der Waals surface area contributed by atoms with Crippen LogP contribution in [-0.4, -0.2) is 40.6 Å². The molecular formula is C26H29F3N4O3. The molecule has 3 aromatic rings. The van der Waals surface area contributed by atoms with Crippen molar-refractivity contribution in [1.29, 1.82) is 0 Å². The number of halogens is 3. The average molecular weight is 503 g/mol. The van der Waals surface area contributed by atoms with Gasteiger partial charge in [0.05, 0.1) is 17.2 Å². The number of likely N-dealkylation sites (tertiary alicyclic amines) is 1. The van der Waals surface area contributed by atoms with Gasteiger partial charge < -0.3 is 15.0 Å². The zero-order chi connectivity index (χ0) is 26.2. The van der Waals surface area contributed by atoms with Gasteiger partial charge in [0.25, 0.3) is 12.0 Å². The van der Waals surface area contributed by atoms with Crippen LogP contribution >= 0.6 is 0 Å². The van der Waals surface area contributed by atoms with Gasteiger partial charge in [0, 0.05) is 57.0 Å². The number of benzene rings is 1. The molecule has 10 heteroatoms. The lowest BCUT2D eigenvalue weighted by atomic mass is 9.84. The number of amides is 1. The summed E-state index contributed by atoms with van der Waals surface area (Å²) in [5.41, 5.74) is -0.261. The van der Waals surface area contributed by atoms with Crippen molar-refractivity contribution >= 4 is 22.6 Å². The number of hydrogen-bond acceptors (Lipinski definition) is 5. The second kappa shape index (κ2) is 9.93. The van der Waals surface area contributed by atoms with Crippen LogP contribution in [0, 0.1) is 5.82 Å². The minimum absolute atomic E-state index is 0.0288. The predicted octanol–water partition coefficient (Wildman–Crippen LogP) is 4.67. The third-order valence-corrected chi connectivity index (χ3v) is 7.14. The highest BCUT2D eigenvalue weighted by Crippen LogP contribution is 2.37. The lowest BCUT2D eigenvalue weighted by molar-refractivity contribution is -0.135. The van der Waals surface area contributed by atoms with E-state index >= 15 is 0 Å². The molecule has 0 spiro atoms. The molecular weight excluding hydrogens is 473 g/mol. The molecule has 1 N–H and O–H groups in total. The summed E-state index contributed by atoms with van der Waals surface area (Å²) in [4.78, 5) is 31.3. The first kappa shape index (κ1) is 25.7. The first-order valence-corrected chi connectivity index (χ1v) is 11.7. The number of carbonyl (C=O) groups excluding carboxylic acids is 1. The van der Waals surface area contributed by atoms with Crippen molar-refractivity contribution in [2.45, 2.75) is 44.8 Å². The number of nitrogens with zero attached hydrogens (tertiary/aromatic N) is 3. The maximum Gasteiger partial charge on any atom is 0.266 e. The van der Waals surface area contributed by atoms with Gasteiger partial charge >= 0.3 is 0 Å². The SMILES string of the molecule is COC1(c2cc3c(N[C@H](C)c4cccc(C(F)F)c4F)ccnc3n(C)c2=O)CCN(C(C)=O)CC1. The zero-order valence-corrected chi connectivity index (χ0v) is 20.6. The monoisotopic (exact) mass is 502 g/mol. The molecule has 1 amide bonds. The standard InChI is InChI=1S/C26H29F3N4O3/c1-15(17-6-5-7-18(22(17)27)23(28)29)31-21-8-11-30-24-19(21)14-20(25(35)32(24)3)26(36-4)9-12-33(13-10-26)16(2)34/h5-8,11,14-15,23H,9-10,12-13H2,1-4H3,(H,30,31)/t15-/m1/s1. The molecule has 7 nitrogen and oxygen atoms in total. The maximum absolute atomic E-state index is 14.8. The first-order valence-electron chi connectivity index (χ1n) is 11.7. The lowest BCUT2D eigenvalue weighted by Gasteiger charge is -2.40. The molecule has 0 radical (unpaired) electrons. The third kappa shape index (κ3) is 4.45. The number of rotatable bonds is 6. The second-order valence-electron chi connectivity index (χ2n) is 9.14. The van der Waals surface area contributed by atoms with Gasteiger partial charge in [-0.2, -0.15) is 0 Å². The molecule has 1 atom stereocenters. The van der Waals surface area contributed by atoms with E-state index in [1.165, 1.54) is 29.8 Å². The highest BCUT2D eigenvalue weighted by molar-refractivity contribution is 5.89. The van der Waals surface area contributed by atoms with Crippen LogP contribution in [0.3, 0.4) is 0 Å². The summed E-state index contributed by atoms with van der Waals surface area (Å²) >= 11 is 0. The van der Waals surface area contributed by atoms with Gasteiger partial charge in [-0.1, -0.05) is 18.2 Å². The summed E-state index contributed by atoms with van der Waals surface area (Å²) in [5, 5.41) is 3.81. The van der Waals surface area contributed by atoms with E-state index in [0.29, 0.717) is 48.2 Å². The summed E-state index contributed by atoms with van der Waals surface area (Å²) in [6, 6.07) is 6.72. The Hall–Kier alpha value is -3.40. The van der Waals surface area contributed by atoms with E-state index < -0.39 is 29.4 Å². The largest absolute Gasteiger partial charge is 0.378 e. The Bertz CT molecular complexity index is 1350. The van der Waals surface area contributed by atoms with E-state index in [1.807, 2.05) is 0 Å². The molecule has 1 fully saturated rings. The molecule has 0 aliphatic carbocycles. The van der Waals surface area contributed by atoms with E-state index in [-0.39, 0.29) is 17.0 Å². The van der Waals surface area contributed by atoms with E-state index in [1.54, 1.807) is 38.1 Å². The van der Waals surface area contributed by atoms with E-state index in [2.05, 4.69) is 10.3 Å². The molecule has 1 aromatic carbocycles. The number of anilines is 1. The van der Waals surface area contributed by atoms with E-state index in [4.69, 9.17) is 4.74 Å². The lowest BCUT2D eigenvalue weighted by Crippen LogP contribution is -2.48. The van der Waals surface area contributed by atoms with Gasteiger partial charge in [0.1, 0.15) is 17.1 Å². The molecule has 2 aromatic heterocycles. The van der Waals surface area contributed by atoms with Gasteiger partial charge in [-0.15, -0.1) is 0 Å². The molecule has 4 rings (SSSR count). The van der Waals surface area contributed by atoms with Gasteiger partial charge in [0.2, 0.25) is 5.91 Å². The van der Waals surface area contributed by atoms with Crippen molar-refractivity contribution in [3.8, 4) is 0 Å². The number of fused-ring (bicyclic) bond motifs is 1. The van der Waals surface area contributed by atoms with Crippen LogP contribution in [0.2, 0.25) is 0 Å². The fourth-order valence-corrected chi connectivity index (χ4v) is 4.96. The summed E-state index contributed by atoms with van der Waals surface area (Å²) in [6.45, 7) is 4.11. The number of aryl methyl sites for hydroxylation is 1. The topological polar surface area (TPSA) is 76.5 Å². The number of hydrogen-bond donors (Lipinski definition) is 1. The third-order valence-electron chi connectivity index (χ3n) is 7.14. The normalized spacial score (nSPS) is 16.4. The Morgan fingerprint density at radius 3 is 2.47 bits per heavy atom. The van der Waals surface area contributed by atoms with Crippen molar-refractivity contribution < 1.29 is 22.7 Å². The van der Waals surface area contributed by atoms with Gasteiger partial charge in [0.15, 0.2) is 0 Å². The molecule has 0 bridgehead atoms. The molecule has 36 heavy (non-hydrogen) atoms. The van der Waals surface area contributed by atoms with Crippen molar-refractivity contribution in [2.75, 3.05) is 25.5 Å². The van der Waals surface area contributed by atoms with Crippen LogP contribution in [0.15, 0.2) is 41.3 Å². The molecule has 0 unspecified atom stereocenters. The highest BCUT2D eigenvalue weighted by Gasteiger charge is 2.39. The van der Waals surface area contributed by atoms with E-state index in [9.17, 15) is 22.8 Å². The van der Waals surface area contributed by atoms with Gasteiger partial charge in [-0.05, 0) is 31.9 Å². The summed E-state index contributed by atoms with van der Waals surface area (Å²) in [6.07, 6.45) is -0.487. The number of carbonyl (C=O) groups is 1. The van der Waals surface area contributed by atoms with Crippen molar-refractivity contribution in [3.05, 3.63) is 69.4 Å². The van der Waals surface area contributed by atoms with Crippen LogP contribution in [0.25, 0.3) is 11.0 Å². The Kier molecular flexibility index (Phi) is 7.08. The number of pyridine rings is 2. The Labute approximate surface area is 206 Å².